The molecule has 1 unspecified atom stereocenters. The maximum absolute atomic E-state index is 6.08. The second-order valence-corrected chi connectivity index (χ2v) is 5.79. The summed E-state index contributed by atoms with van der Waals surface area (Å²) in [5.74, 6) is 1.72. The van der Waals surface area contributed by atoms with Crippen LogP contribution in [0.25, 0.3) is 0 Å². The van der Waals surface area contributed by atoms with E-state index in [4.69, 9.17) is 15.0 Å². The van der Waals surface area contributed by atoms with Gasteiger partial charge in [0.25, 0.3) is 0 Å². The maximum atomic E-state index is 6.08. The summed E-state index contributed by atoms with van der Waals surface area (Å²) in [5, 5.41) is 4.10. The van der Waals surface area contributed by atoms with Crippen LogP contribution in [0, 0.1) is 5.92 Å². The van der Waals surface area contributed by atoms with Crippen molar-refractivity contribution < 1.29 is 9.26 Å². The second-order valence-electron chi connectivity index (χ2n) is 5.79. The van der Waals surface area contributed by atoms with Gasteiger partial charge in [0.2, 0.25) is 11.7 Å². The van der Waals surface area contributed by atoms with Crippen molar-refractivity contribution >= 4 is 0 Å². The first kappa shape index (κ1) is 15.4. The summed E-state index contributed by atoms with van der Waals surface area (Å²) in [6.45, 7) is 2.15. The highest BCUT2D eigenvalue weighted by molar-refractivity contribution is 4.97. The average molecular weight is 281 g/mol. The van der Waals surface area contributed by atoms with Crippen molar-refractivity contribution in [2.45, 2.75) is 70.4 Å². The molecule has 5 nitrogen and oxygen atoms in total. The number of rotatable bonds is 7. The van der Waals surface area contributed by atoms with Gasteiger partial charge in [-0.3, -0.25) is 0 Å². The second kappa shape index (κ2) is 7.74. The molecule has 5 heteroatoms. The molecule has 2 rings (SSSR count). The summed E-state index contributed by atoms with van der Waals surface area (Å²) in [5.41, 5.74) is 6.08. The van der Waals surface area contributed by atoms with Crippen LogP contribution < -0.4 is 5.73 Å². The summed E-state index contributed by atoms with van der Waals surface area (Å²) in [6, 6.07) is -0.153. The van der Waals surface area contributed by atoms with E-state index in [1.165, 1.54) is 32.1 Å². The number of unbranched alkanes of at least 4 members (excludes halogenated alkanes) is 1. The maximum Gasteiger partial charge on any atom is 0.243 e. The van der Waals surface area contributed by atoms with Crippen LogP contribution in [-0.4, -0.2) is 17.3 Å². The van der Waals surface area contributed by atoms with Gasteiger partial charge in [-0.15, -0.1) is 0 Å². The Hall–Kier alpha value is -0.940. The molecule has 1 heterocycles. The standard InChI is InChI=1S/C15H27N3O2/c1-3-4-10-12(16)15-17-14(18-20-15)13(19-2)11-8-6-5-7-9-11/h11-13H,3-10,16H2,1-2H3/t12-,13?/m0/s1. The van der Waals surface area contributed by atoms with Crippen LogP contribution in [-0.2, 0) is 4.74 Å². The number of ether oxygens (including phenoxy) is 1. The molecule has 20 heavy (non-hydrogen) atoms. The SMILES string of the molecule is CCCC[C@H](N)c1nc(C(OC)C2CCCCC2)no1. The third kappa shape index (κ3) is 3.79. The predicted octanol–water partition coefficient (Wildman–Crippen LogP) is 3.53. The molecule has 1 saturated carbocycles. The highest BCUT2D eigenvalue weighted by Crippen LogP contribution is 2.35. The smallest absolute Gasteiger partial charge is 0.243 e. The Labute approximate surface area is 121 Å². The number of nitrogens with two attached hydrogens (primary N) is 1. The fourth-order valence-corrected chi connectivity index (χ4v) is 3.01. The van der Waals surface area contributed by atoms with Crippen molar-refractivity contribution in [3.63, 3.8) is 0 Å². The normalized spacial score (nSPS) is 19.9. The summed E-state index contributed by atoms with van der Waals surface area (Å²) < 4.78 is 11.0. The molecule has 0 radical (unpaired) electrons. The molecule has 1 fully saturated rings. The molecule has 1 aromatic heterocycles. The van der Waals surface area contributed by atoms with Crippen LogP contribution in [0.3, 0.4) is 0 Å². The van der Waals surface area contributed by atoms with Gasteiger partial charge in [-0.1, -0.05) is 44.2 Å². The minimum atomic E-state index is -0.153. The monoisotopic (exact) mass is 281 g/mol. The molecule has 0 aromatic carbocycles. The summed E-state index contributed by atoms with van der Waals surface area (Å²) >= 11 is 0. The molecule has 1 aromatic rings. The van der Waals surface area contributed by atoms with E-state index in [-0.39, 0.29) is 12.1 Å². The summed E-state index contributed by atoms with van der Waals surface area (Å²) in [4.78, 5) is 4.48. The molecule has 2 atom stereocenters. The predicted molar refractivity (Wildman–Crippen MR) is 77.1 cm³/mol. The summed E-state index contributed by atoms with van der Waals surface area (Å²) in [6.07, 6.45) is 9.27. The molecular formula is C15H27N3O2. The first-order valence-electron chi connectivity index (χ1n) is 7.88. The lowest BCUT2D eigenvalue weighted by Crippen LogP contribution is -2.19. The van der Waals surface area contributed by atoms with E-state index in [0.29, 0.717) is 17.6 Å². The lowest BCUT2D eigenvalue weighted by Gasteiger charge is -2.26. The van der Waals surface area contributed by atoms with Crippen LogP contribution in [0.4, 0.5) is 0 Å². The van der Waals surface area contributed by atoms with Crippen molar-refractivity contribution in [1.82, 2.24) is 10.1 Å². The lowest BCUT2D eigenvalue weighted by atomic mass is 9.85. The highest BCUT2D eigenvalue weighted by atomic mass is 16.5. The fraction of sp³-hybridized carbons (Fsp3) is 0.867. The van der Waals surface area contributed by atoms with E-state index in [0.717, 1.165) is 19.3 Å². The Balaban J connectivity index is 2.01. The Morgan fingerprint density at radius 1 is 1.35 bits per heavy atom. The molecule has 0 saturated heterocycles. The van der Waals surface area contributed by atoms with E-state index in [9.17, 15) is 0 Å². The summed E-state index contributed by atoms with van der Waals surface area (Å²) in [7, 11) is 1.73. The largest absolute Gasteiger partial charge is 0.373 e. The Bertz CT molecular complexity index is 388. The van der Waals surface area contributed by atoms with Crippen molar-refractivity contribution in [3.05, 3.63) is 11.7 Å². The van der Waals surface area contributed by atoms with Crippen molar-refractivity contribution in [2.24, 2.45) is 11.7 Å². The van der Waals surface area contributed by atoms with Gasteiger partial charge < -0.3 is 15.0 Å². The zero-order chi connectivity index (χ0) is 14.4. The molecule has 114 valence electrons. The number of aromatic nitrogens is 2. The topological polar surface area (TPSA) is 74.2 Å². The first-order chi connectivity index (χ1) is 9.76. The van der Waals surface area contributed by atoms with Crippen molar-refractivity contribution in [3.8, 4) is 0 Å². The fourth-order valence-electron chi connectivity index (χ4n) is 3.01. The van der Waals surface area contributed by atoms with Crippen LogP contribution in [0.1, 0.15) is 82.2 Å². The number of methoxy groups -OCH3 is 1. The van der Waals surface area contributed by atoms with Gasteiger partial charge >= 0.3 is 0 Å². The average Bonchev–Trinajstić information content (AvgIpc) is 2.96. The third-order valence-corrected chi connectivity index (χ3v) is 4.23. The van der Waals surface area contributed by atoms with Gasteiger partial charge in [-0.05, 0) is 25.2 Å². The minimum absolute atomic E-state index is 0.0498. The Morgan fingerprint density at radius 3 is 2.75 bits per heavy atom. The van der Waals surface area contributed by atoms with Crippen LogP contribution >= 0.6 is 0 Å². The molecule has 2 N–H and O–H groups in total. The van der Waals surface area contributed by atoms with E-state index >= 15 is 0 Å². The van der Waals surface area contributed by atoms with Gasteiger partial charge in [0.05, 0.1) is 6.04 Å². The molecular weight excluding hydrogens is 254 g/mol. The van der Waals surface area contributed by atoms with E-state index in [2.05, 4.69) is 17.1 Å². The van der Waals surface area contributed by atoms with Crippen LogP contribution in [0.5, 0.6) is 0 Å². The Kier molecular flexibility index (Phi) is 5.98. The van der Waals surface area contributed by atoms with Crippen LogP contribution in [0.15, 0.2) is 4.52 Å². The first-order valence-corrected chi connectivity index (χ1v) is 7.88. The zero-order valence-corrected chi connectivity index (χ0v) is 12.7. The van der Waals surface area contributed by atoms with Gasteiger partial charge in [0, 0.05) is 7.11 Å². The number of nitrogens with zero attached hydrogens (tertiary/aromatic N) is 2. The molecule has 0 amide bonds. The van der Waals surface area contributed by atoms with Gasteiger partial charge in [0.15, 0.2) is 0 Å². The molecule has 1 aliphatic carbocycles. The van der Waals surface area contributed by atoms with Gasteiger partial charge in [0.1, 0.15) is 6.10 Å². The van der Waals surface area contributed by atoms with Crippen LogP contribution in [0.2, 0.25) is 0 Å². The van der Waals surface area contributed by atoms with E-state index in [1.807, 2.05) is 0 Å². The quantitative estimate of drug-likeness (QED) is 0.827. The molecule has 1 aliphatic rings. The van der Waals surface area contributed by atoms with E-state index < -0.39 is 0 Å². The van der Waals surface area contributed by atoms with Gasteiger partial charge in [-0.2, -0.15) is 4.98 Å². The third-order valence-electron chi connectivity index (χ3n) is 4.23. The molecule has 0 spiro atoms. The van der Waals surface area contributed by atoms with E-state index in [1.54, 1.807) is 7.11 Å². The molecule has 0 bridgehead atoms. The highest BCUT2D eigenvalue weighted by Gasteiger charge is 2.29. The Morgan fingerprint density at radius 2 is 2.10 bits per heavy atom. The zero-order valence-electron chi connectivity index (χ0n) is 12.7. The van der Waals surface area contributed by atoms with Crippen molar-refractivity contribution in [1.29, 1.82) is 0 Å². The minimum Gasteiger partial charge on any atom is -0.373 e. The van der Waals surface area contributed by atoms with Crippen molar-refractivity contribution in [2.75, 3.05) is 7.11 Å². The number of hydrogen-bond donors (Lipinski definition) is 1. The molecule has 0 aliphatic heterocycles. The lowest BCUT2D eigenvalue weighted by molar-refractivity contribution is 0.0273. The van der Waals surface area contributed by atoms with Gasteiger partial charge in [-0.25, -0.2) is 0 Å². The number of hydrogen-bond acceptors (Lipinski definition) is 5.